The van der Waals surface area contributed by atoms with Crippen molar-refractivity contribution in [2.75, 3.05) is 19.5 Å². The number of nitrogens with two attached hydrogens (primary N) is 1. The number of carbonyl (C=O) groups excluding carboxylic acids is 2. The molecule has 7 heteroatoms. The number of esters is 2. The molecule has 1 heterocycles. The van der Waals surface area contributed by atoms with Crippen LogP contribution in [0.2, 0.25) is 0 Å². The van der Waals surface area contributed by atoms with Crippen molar-refractivity contribution in [2.45, 2.75) is 6.42 Å². The highest BCUT2D eigenvalue weighted by Crippen LogP contribution is 2.12. The zero-order valence-corrected chi connectivity index (χ0v) is 11.5. The molecule has 0 spiro atoms. The molecule has 0 fully saturated rings. The lowest BCUT2D eigenvalue weighted by atomic mass is 10.3. The van der Waals surface area contributed by atoms with Crippen LogP contribution in [0.5, 0.6) is 0 Å². The standard InChI is InChI=1S/C14H15N3O4/c1-20-13(18)6-8-21-14(19)12-5-7-17(16-12)11-4-2-3-10(15)9-11/h2-5,7,9H,6,8,15H2,1H3. The number of benzene rings is 1. The summed E-state index contributed by atoms with van der Waals surface area (Å²) in [6.07, 6.45) is 1.64. The molecule has 0 amide bonds. The second-order valence-electron chi connectivity index (χ2n) is 4.20. The molecule has 2 aromatic rings. The first-order chi connectivity index (χ1) is 10.1. The number of hydrogen-bond acceptors (Lipinski definition) is 6. The minimum atomic E-state index is -0.596. The molecule has 21 heavy (non-hydrogen) atoms. The molecule has 1 aromatic heterocycles. The summed E-state index contributed by atoms with van der Waals surface area (Å²) in [5, 5.41) is 4.11. The van der Waals surface area contributed by atoms with Crippen molar-refractivity contribution in [3.8, 4) is 5.69 Å². The molecule has 7 nitrogen and oxygen atoms in total. The molecule has 0 aliphatic rings. The average Bonchev–Trinajstić information content (AvgIpc) is 2.97. The normalized spacial score (nSPS) is 10.1. The molecule has 2 rings (SSSR count). The second kappa shape index (κ2) is 6.56. The van der Waals surface area contributed by atoms with E-state index in [1.165, 1.54) is 17.9 Å². The van der Waals surface area contributed by atoms with Crippen LogP contribution < -0.4 is 5.73 Å². The number of anilines is 1. The quantitative estimate of drug-likeness (QED) is 0.655. The van der Waals surface area contributed by atoms with Gasteiger partial charge in [-0.1, -0.05) is 6.07 Å². The summed E-state index contributed by atoms with van der Waals surface area (Å²) in [5.41, 5.74) is 7.19. The van der Waals surface area contributed by atoms with Gasteiger partial charge >= 0.3 is 11.9 Å². The predicted molar refractivity (Wildman–Crippen MR) is 74.9 cm³/mol. The zero-order valence-electron chi connectivity index (χ0n) is 11.5. The Hall–Kier alpha value is -2.83. The van der Waals surface area contributed by atoms with Crippen molar-refractivity contribution in [3.63, 3.8) is 0 Å². The Kier molecular flexibility index (Phi) is 4.55. The summed E-state index contributed by atoms with van der Waals surface area (Å²) in [7, 11) is 1.28. The van der Waals surface area contributed by atoms with Crippen molar-refractivity contribution in [3.05, 3.63) is 42.2 Å². The maximum atomic E-state index is 11.8. The molecule has 110 valence electrons. The lowest BCUT2D eigenvalue weighted by molar-refractivity contribution is -0.141. The fourth-order valence-electron chi connectivity index (χ4n) is 1.65. The van der Waals surface area contributed by atoms with Gasteiger partial charge in [-0.05, 0) is 24.3 Å². The number of rotatable bonds is 5. The summed E-state index contributed by atoms with van der Waals surface area (Å²) < 4.78 is 10.9. The topological polar surface area (TPSA) is 96.4 Å². The van der Waals surface area contributed by atoms with Gasteiger partial charge in [0.25, 0.3) is 0 Å². The van der Waals surface area contributed by atoms with Gasteiger partial charge in [-0.3, -0.25) is 4.79 Å². The summed E-state index contributed by atoms with van der Waals surface area (Å²) >= 11 is 0. The van der Waals surface area contributed by atoms with Gasteiger partial charge in [-0.15, -0.1) is 0 Å². The third kappa shape index (κ3) is 3.82. The van der Waals surface area contributed by atoms with Crippen molar-refractivity contribution in [1.82, 2.24) is 9.78 Å². The minimum Gasteiger partial charge on any atom is -0.469 e. The molecular weight excluding hydrogens is 274 g/mol. The van der Waals surface area contributed by atoms with Gasteiger partial charge in [0.05, 0.1) is 19.2 Å². The Balaban J connectivity index is 1.99. The second-order valence-corrected chi connectivity index (χ2v) is 4.20. The Morgan fingerprint density at radius 3 is 2.86 bits per heavy atom. The van der Waals surface area contributed by atoms with Crippen LogP contribution in [0.4, 0.5) is 5.69 Å². The first-order valence-corrected chi connectivity index (χ1v) is 6.25. The Labute approximate surface area is 121 Å². The van der Waals surface area contributed by atoms with Crippen LogP contribution in [0.1, 0.15) is 16.9 Å². The van der Waals surface area contributed by atoms with E-state index in [1.807, 2.05) is 6.07 Å². The average molecular weight is 289 g/mol. The van der Waals surface area contributed by atoms with Gasteiger partial charge in [0.1, 0.15) is 6.61 Å². The minimum absolute atomic E-state index is 0.0121. The first kappa shape index (κ1) is 14.6. The van der Waals surface area contributed by atoms with Crippen LogP contribution in [-0.2, 0) is 14.3 Å². The van der Waals surface area contributed by atoms with Gasteiger partial charge in [-0.25, -0.2) is 9.48 Å². The molecule has 0 saturated heterocycles. The van der Waals surface area contributed by atoms with E-state index >= 15 is 0 Å². The number of ether oxygens (including phenoxy) is 2. The summed E-state index contributed by atoms with van der Waals surface area (Å²) in [6.45, 7) is -0.0450. The Bertz CT molecular complexity index is 651. The van der Waals surface area contributed by atoms with E-state index < -0.39 is 11.9 Å². The summed E-state index contributed by atoms with van der Waals surface area (Å²) in [5.74, 6) is -1.03. The van der Waals surface area contributed by atoms with Crippen molar-refractivity contribution < 1.29 is 19.1 Å². The number of methoxy groups -OCH3 is 1. The molecule has 0 radical (unpaired) electrons. The lowest BCUT2D eigenvalue weighted by Gasteiger charge is -2.03. The van der Waals surface area contributed by atoms with Gasteiger partial charge in [-0.2, -0.15) is 5.10 Å². The van der Waals surface area contributed by atoms with Crippen LogP contribution in [0, 0.1) is 0 Å². The lowest BCUT2D eigenvalue weighted by Crippen LogP contribution is -2.11. The molecule has 1 aromatic carbocycles. The van der Waals surface area contributed by atoms with E-state index in [0.29, 0.717) is 5.69 Å². The smallest absolute Gasteiger partial charge is 0.358 e. The predicted octanol–water partition coefficient (Wildman–Crippen LogP) is 1.17. The number of carbonyl (C=O) groups is 2. The van der Waals surface area contributed by atoms with Crippen LogP contribution in [0.25, 0.3) is 5.69 Å². The van der Waals surface area contributed by atoms with Gasteiger partial charge in [0.15, 0.2) is 5.69 Å². The fraction of sp³-hybridized carbons (Fsp3) is 0.214. The van der Waals surface area contributed by atoms with E-state index in [4.69, 9.17) is 10.5 Å². The maximum Gasteiger partial charge on any atom is 0.358 e. The molecule has 0 unspecified atom stereocenters. The summed E-state index contributed by atoms with van der Waals surface area (Å²) in [4.78, 5) is 22.7. The van der Waals surface area contributed by atoms with Crippen LogP contribution in [0.3, 0.4) is 0 Å². The van der Waals surface area contributed by atoms with Gasteiger partial charge in [0, 0.05) is 11.9 Å². The van der Waals surface area contributed by atoms with E-state index in [0.717, 1.165) is 5.69 Å². The highest BCUT2D eigenvalue weighted by Gasteiger charge is 2.12. The van der Waals surface area contributed by atoms with Crippen molar-refractivity contribution >= 4 is 17.6 Å². The third-order valence-corrected chi connectivity index (χ3v) is 2.70. The fourth-order valence-corrected chi connectivity index (χ4v) is 1.65. The van der Waals surface area contributed by atoms with Crippen LogP contribution >= 0.6 is 0 Å². The van der Waals surface area contributed by atoms with E-state index in [9.17, 15) is 9.59 Å². The molecule has 0 aliphatic heterocycles. The Morgan fingerprint density at radius 2 is 2.14 bits per heavy atom. The third-order valence-electron chi connectivity index (χ3n) is 2.70. The number of aromatic nitrogens is 2. The Morgan fingerprint density at radius 1 is 1.33 bits per heavy atom. The van der Waals surface area contributed by atoms with Crippen LogP contribution in [-0.4, -0.2) is 35.4 Å². The highest BCUT2D eigenvalue weighted by molar-refractivity contribution is 5.87. The van der Waals surface area contributed by atoms with Crippen LogP contribution in [0.15, 0.2) is 36.5 Å². The number of nitrogens with zero attached hydrogens (tertiary/aromatic N) is 2. The molecule has 0 saturated carbocycles. The summed E-state index contributed by atoms with van der Waals surface area (Å²) in [6, 6.07) is 8.63. The number of hydrogen-bond donors (Lipinski definition) is 1. The molecule has 2 N–H and O–H groups in total. The van der Waals surface area contributed by atoms with E-state index in [1.54, 1.807) is 24.4 Å². The monoisotopic (exact) mass is 289 g/mol. The first-order valence-electron chi connectivity index (χ1n) is 6.25. The molecule has 0 bridgehead atoms. The van der Waals surface area contributed by atoms with E-state index in [2.05, 4.69) is 9.84 Å². The van der Waals surface area contributed by atoms with Crippen molar-refractivity contribution in [2.24, 2.45) is 0 Å². The maximum absolute atomic E-state index is 11.8. The zero-order chi connectivity index (χ0) is 15.2. The molecule has 0 atom stereocenters. The van der Waals surface area contributed by atoms with Gasteiger partial charge < -0.3 is 15.2 Å². The number of nitrogen functional groups attached to an aromatic ring is 1. The van der Waals surface area contributed by atoms with E-state index in [-0.39, 0.29) is 18.7 Å². The van der Waals surface area contributed by atoms with Gasteiger partial charge in [0.2, 0.25) is 0 Å². The molecular formula is C14H15N3O4. The largest absolute Gasteiger partial charge is 0.469 e. The highest BCUT2D eigenvalue weighted by atomic mass is 16.5. The van der Waals surface area contributed by atoms with Crippen molar-refractivity contribution in [1.29, 1.82) is 0 Å². The molecule has 0 aliphatic carbocycles. The SMILES string of the molecule is COC(=O)CCOC(=O)c1ccn(-c2cccc(N)c2)n1.